The molecule has 2 aliphatic rings. The van der Waals surface area contributed by atoms with Crippen LogP contribution in [0.5, 0.6) is 0 Å². The number of carbonyl (C=O) groups excluding carboxylic acids is 2. The van der Waals surface area contributed by atoms with Gasteiger partial charge in [0.2, 0.25) is 11.8 Å². The van der Waals surface area contributed by atoms with Gasteiger partial charge in [-0.15, -0.1) is 0 Å². The van der Waals surface area contributed by atoms with Gasteiger partial charge in [-0.25, -0.2) is 0 Å². The van der Waals surface area contributed by atoms with Gasteiger partial charge in [0.05, 0.1) is 12.5 Å². The van der Waals surface area contributed by atoms with E-state index < -0.39 is 0 Å². The SMILES string of the molecule is CN1C(=O)CC(N(C)C2CCCNCC2)C1=O. The molecular formula is C12H21N3O2. The summed E-state index contributed by atoms with van der Waals surface area (Å²) in [6, 6.07) is 0.175. The summed E-state index contributed by atoms with van der Waals surface area (Å²) < 4.78 is 0. The number of hydrogen-bond donors (Lipinski definition) is 1. The molecule has 0 aromatic heterocycles. The van der Waals surface area contributed by atoms with Crippen molar-refractivity contribution < 1.29 is 9.59 Å². The molecule has 0 spiro atoms. The normalized spacial score (nSPS) is 31.1. The molecule has 5 nitrogen and oxygen atoms in total. The minimum atomic E-state index is -0.240. The quantitative estimate of drug-likeness (QED) is 0.679. The standard InChI is InChI=1S/C12H21N3O2/c1-14(9-4-3-6-13-7-5-9)10-8-11(16)15(2)12(10)17/h9-10,13H,3-8H2,1-2H3. The van der Waals surface area contributed by atoms with Gasteiger partial charge in [0.1, 0.15) is 0 Å². The molecule has 5 heteroatoms. The minimum absolute atomic E-state index is 0.0466. The first kappa shape index (κ1) is 12.5. The van der Waals surface area contributed by atoms with E-state index in [1.165, 1.54) is 4.90 Å². The second-order valence-electron chi connectivity index (χ2n) is 5.01. The Labute approximate surface area is 102 Å². The highest BCUT2D eigenvalue weighted by atomic mass is 16.2. The number of imide groups is 1. The smallest absolute Gasteiger partial charge is 0.246 e. The van der Waals surface area contributed by atoms with E-state index in [1.807, 2.05) is 7.05 Å². The third-order valence-corrected chi connectivity index (χ3v) is 3.97. The third-order valence-electron chi connectivity index (χ3n) is 3.97. The Morgan fingerprint density at radius 3 is 2.71 bits per heavy atom. The number of carbonyl (C=O) groups is 2. The van der Waals surface area contributed by atoms with Crippen molar-refractivity contribution in [3.05, 3.63) is 0 Å². The van der Waals surface area contributed by atoms with Crippen LogP contribution in [0.3, 0.4) is 0 Å². The Kier molecular flexibility index (Phi) is 3.79. The molecule has 1 N–H and O–H groups in total. The van der Waals surface area contributed by atoms with Gasteiger partial charge in [-0.05, 0) is 39.4 Å². The summed E-state index contributed by atoms with van der Waals surface area (Å²) in [6.45, 7) is 2.06. The lowest BCUT2D eigenvalue weighted by Gasteiger charge is -2.30. The summed E-state index contributed by atoms with van der Waals surface area (Å²) in [7, 11) is 3.55. The zero-order chi connectivity index (χ0) is 12.4. The Balaban J connectivity index is 2.01. The fourth-order valence-corrected chi connectivity index (χ4v) is 2.72. The van der Waals surface area contributed by atoms with E-state index >= 15 is 0 Å². The average molecular weight is 239 g/mol. The fourth-order valence-electron chi connectivity index (χ4n) is 2.72. The van der Waals surface area contributed by atoms with E-state index in [9.17, 15) is 9.59 Å². The molecule has 0 aromatic rings. The molecule has 17 heavy (non-hydrogen) atoms. The van der Waals surface area contributed by atoms with Crippen molar-refractivity contribution in [2.45, 2.75) is 37.8 Å². The van der Waals surface area contributed by atoms with Crippen molar-refractivity contribution in [2.24, 2.45) is 0 Å². The molecule has 0 aliphatic carbocycles. The largest absolute Gasteiger partial charge is 0.317 e. The van der Waals surface area contributed by atoms with E-state index in [0.717, 1.165) is 32.4 Å². The van der Waals surface area contributed by atoms with Crippen LogP contribution in [0.1, 0.15) is 25.7 Å². The Bertz CT molecular complexity index is 311. The molecule has 2 saturated heterocycles. The van der Waals surface area contributed by atoms with Gasteiger partial charge in [0, 0.05) is 13.1 Å². The first-order valence-corrected chi connectivity index (χ1v) is 6.34. The summed E-state index contributed by atoms with van der Waals surface area (Å²) in [5.41, 5.74) is 0. The zero-order valence-electron chi connectivity index (χ0n) is 10.6. The number of likely N-dealkylation sites (N-methyl/N-ethyl adjacent to an activating group) is 2. The number of nitrogens with one attached hydrogen (secondary N) is 1. The Morgan fingerprint density at radius 2 is 2.06 bits per heavy atom. The van der Waals surface area contributed by atoms with Crippen LogP contribution in [0, 0.1) is 0 Å². The van der Waals surface area contributed by atoms with Crippen LogP contribution < -0.4 is 5.32 Å². The van der Waals surface area contributed by atoms with E-state index in [2.05, 4.69) is 10.2 Å². The second-order valence-corrected chi connectivity index (χ2v) is 5.01. The van der Waals surface area contributed by atoms with Crippen molar-refractivity contribution >= 4 is 11.8 Å². The zero-order valence-corrected chi connectivity index (χ0v) is 10.6. The molecule has 2 rings (SSSR count). The molecule has 0 bridgehead atoms. The number of nitrogens with zero attached hydrogens (tertiary/aromatic N) is 2. The number of hydrogen-bond acceptors (Lipinski definition) is 4. The summed E-state index contributed by atoms with van der Waals surface area (Å²) in [5, 5.41) is 3.36. The van der Waals surface area contributed by atoms with E-state index in [0.29, 0.717) is 12.5 Å². The number of likely N-dealkylation sites (tertiary alicyclic amines) is 1. The topological polar surface area (TPSA) is 52.7 Å². The maximum Gasteiger partial charge on any atom is 0.246 e. The molecule has 2 amide bonds. The lowest BCUT2D eigenvalue weighted by molar-refractivity contribution is -0.138. The van der Waals surface area contributed by atoms with Crippen LogP contribution in [0.2, 0.25) is 0 Å². The highest BCUT2D eigenvalue weighted by Gasteiger charge is 2.40. The van der Waals surface area contributed by atoms with Crippen LogP contribution in [0.25, 0.3) is 0 Å². The molecule has 2 heterocycles. The van der Waals surface area contributed by atoms with Gasteiger partial charge in [-0.2, -0.15) is 0 Å². The van der Waals surface area contributed by atoms with E-state index in [-0.39, 0.29) is 17.9 Å². The van der Waals surface area contributed by atoms with Crippen LogP contribution in [0.15, 0.2) is 0 Å². The van der Waals surface area contributed by atoms with Gasteiger partial charge >= 0.3 is 0 Å². The molecule has 96 valence electrons. The van der Waals surface area contributed by atoms with Crippen molar-refractivity contribution in [1.82, 2.24) is 15.1 Å². The Morgan fingerprint density at radius 1 is 1.29 bits per heavy atom. The lowest BCUT2D eigenvalue weighted by Crippen LogP contribution is -2.44. The van der Waals surface area contributed by atoms with Crippen LogP contribution in [-0.4, -0.2) is 60.9 Å². The number of amides is 2. The van der Waals surface area contributed by atoms with Crippen LogP contribution in [0.4, 0.5) is 0 Å². The molecule has 2 unspecified atom stereocenters. The van der Waals surface area contributed by atoms with Crippen molar-refractivity contribution in [3.63, 3.8) is 0 Å². The molecule has 0 saturated carbocycles. The van der Waals surface area contributed by atoms with Gasteiger partial charge in [-0.1, -0.05) is 0 Å². The van der Waals surface area contributed by atoms with Gasteiger partial charge < -0.3 is 5.32 Å². The lowest BCUT2D eigenvalue weighted by atomic mass is 10.0. The highest BCUT2D eigenvalue weighted by Crippen LogP contribution is 2.21. The molecule has 2 fully saturated rings. The van der Waals surface area contributed by atoms with Crippen molar-refractivity contribution in [2.75, 3.05) is 27.2 Å². The van der Waals surface area contributed by atoms with Gasteiger partial charge in [0.15, 0.2) is 0 Å². The van der Waals surface area contributed by atoms with Crippen molar-refractivity contribution in [3.8, 4) is 0 Å². The summed E-state index contributed by atoms with van der Waals surface area (Å²) in [6.07, 6.45) is 3.64. The van der Waals surface area contributed by atoms with E-state index in [1.54, 1.807) is 7.05 Å². The maximum atomic E-state index is 11.9. The van der Waals surface area contributed by atoms with E-state index in [4.69, 9.17) is 0 Å². The molecular weight excluding hydrogens is 218 g/mol. The maximum absolute atomic E-state index is 11.9. The van der Waals surface area contributed by atoms with Gasteiger partial charge in [0.25, 0.3) is 0 Å². The molecule has 0 aromatic carbocycles. The molecule has 2 atom stereocenters. The first-order chi connectivity index (χ1) is 8.11. The predicted molar refractivity (Wildman–Crippen MR) is 64.5 cm³/mol. The third kappa shape index (κ3) is 2.50. The predicted octanol–water partition coefficient (Wildman–Crippen LogP) is -0.182. The summed E-state index contributed by atoms with van der Waals surface area (Å²) in [5.74, 6) is -0.103. The van der Waals surface area contributed by atoms with Crippen LogP contribution in [-0.2, 0) is 9.59 Å². The minimum Gasteiger partial charge on any atom is -0.317 e. The van der Waals surface area contributed by atoms with Crippen LogP contribution >= 0.6 is 0 Å². The molecule has 2 aliphatic heterocycles. The highest BCUT2D eigenvalue weighted by molar-refractivity contribution is 6.05. The van der Waals surface area contributed by atoms with Gasteiger partial charge in [-0.3, -0.25) is 19.4 Å². The average Bonchev–Trinajstić information content (AvgIpc) is 2.57. The summed E-state index contributed by atoms with van der Waals surface area (Å²) >= 11 is 0. The molecule has 0 radical (unpaired) electrons. The monoisotopic (exact) mass is 239 g/mol. The summed E-state index contributed by atoms with van der Waals surface area (Å²) in [4.78, 5) is 26.8. The fraction of sp³-hybridized carbons (Fsp3) is 0.833. The Hall–Kier alpha value is -0.940. The van der Waals surface area contributed by atoms with Crippen molar-refractivity contribution in [1.29, 1.82) is 0 Å². The second kappa shape index (κ2) is 5.14. The number of rotatable bonds is 2. The first-order valence-electron chi connectivity index (χ1n) is 6.34.